The van der Waals surface area contributed by atoms with E-state index in [-0.39, 0.29) is 13.2 Å². The number of hydrogen-bond acceptors (Lipinski definition) is 8. The highest BCUT2D eigenvalue weighted by Crippen LogP contribution is 2.01. The van der Waals surface area contributed by atoms with E-state index in [1.807, 2.05) is 0 Å². The van der Waals surface area contributed by atoms with E-state index in [2.05, 4.69) is 15.9 Å². The zero-order chi connectivity index (χ0) is 21.0. The second-order valence-electron chi connectivity index (χ2n) is 5.58. The largest absolute Gasteiger partial charge is 0.457 e. The van der Waals surface area contributed by atoms with E-state index in [0.717, 1.165) is 5.33 Å². The molecule has 0 spiro atoms. The summed E-state index contributed by atoms with van der Waals surface area (Å²) in [6, 6.07) is 8.27. The van der Waals surface area contributed by atoms with Gasteiger partial charge in [-0.3, -0.25) is 4.79 Å². The molecular formula is C20H29BrO8. The summed E-state index contributed by atoms with van der Waals surface area (Å²) in [4.78, 5) is 23.4. The number of esters is 1. The van der Waals surface area contributed by atoms with Crippen LogP contribution in [0, 0.1) is 0 Å². The number of Topliss-reactive ketones (excluding diaryl/α,β-unsaturated/α-hetero) is 1. The summed E-state index contributed by atoms with van der Waals surface area (Å²) < 4.78 is 31.5. The lowest BCUT2D eigenvalue weighted by atomic mass is 10.1. The molecule has 8 nitrogen and oxygen atoms in total. The summed E-state index contributed by atoms with van der Waals surface area (Å²) in [5.41, 5.74) is 0.305. The van der Waals surface area contributed by atoms with Crippen LogP contribution in [0.15, 0.2) is 30.3 Å². The van der Waals surface area contributed by atoms with Gasteiger partial charge in [0.05, 0.1) is 66.1 Å². The van der Waals surface area contributed by atoms with E-state index in [0.29, 0.717) is 65.0 Å². The van der Waals surface area contributed by atoms with Crippen LogP contribution in [0.4, 0.5) is 0 Å². The van der Waals surface area contributed by atoms with Gasteiger partial charge in [0.25, 0.3) is 5.78 Å². The van der Waals surface area contributed by atoms with E-state index in [9.17, 15) is 9.59 Å². The fourth-order valence-corrected chi connectivity index (χ4v) is 2.23. The summed E-state index contributed by atoms with van der Waals surface area (Å²) in [5, 5.41) is 0.824. The molecule has 0 N–H and O–H groups in total. The Bertz CT molecular complexity index is 541. The molecule has 0 bridgehead atoms. The van der Waals surface area contributed by atoms with Crippen molar-refractivity contribution in [2.24, 2.45) is 0 Å². The number of benzene rings is 1. The summed E-state index contributed by atoms with van der Waals surface area (Å²) in [6.07, 6.45) is 0. The van der Waals surface area contributed by atoms with Gasteiger partial charge in [-0.2, -0.15) is 0 Å². The van der Waals surface area contributed by atoms with Crippen molar-refractivity contribution >= 4 is 27.7 Å². The summed E-state index contributed by atoms with van der Waals surface area (Å²) >= 11 is 3.28. The number of ketones is 1. The normalized spacial score (nSPS) is 10.8. The highest BCUT2D eigenvalue weighted by Gasteiger charge is 2.16. The third kappa shape index (κ3) is 14.3. The van der Waals surface area contributed by atoms with Crippen molar-refractivity contribution in [3.05, 3.63) is 35.9 Å². The molecule has 0 saturated heterocycles. The van der Waals surface area contributed by atoms with Crippen molar-refractivity contribution < 1.29 is 38.0 Å². The van der Waals surface area contributed by atoms with E-state index in [4.69, 9.17) is 28.4 Å². The molecule has 164 valence electrons. The molecule has 0 radical (unpaired) electrons. The van der Waals surface area contributed by atoms with Crippen LogP contribution in [0.1, 0.15) is 10.4 Å². The zero-order valence-electron chi connectivity index (χ0n) is 16.5. The molecule has 0 amide bonds. The molecule has 1 aromatic rings. The second kappa shape index (κ2) is 18.7. The van der Waals surface area contributed by atoms with Crippen LogP contribution in [0.25, 0.3) is 0 Å². The van der Waals surface area contributed by atoms with Gasteiger partial charge >= 0.3 is 5.97 Å². The number of ether oxygens (including phenoxy) is 6. The predicted octanol–water partition coefficient (Wildman–Crippen LogP) is 1.89. The SMILES string of the molecule is O=C(OCCOCCOCCOCCOCCOCCBr)C(=O)c1ccccc1. The lowest BCUT2D eigenvalue weighted by Crippen LogP contribution is -2.20. The standard InChI is InChI=1S/C20H29BrO8/c21-6-7-24-8-9-25-10-11-26-12-13-27-14-15-28-16-17-29-20(23)19(22)18-4-2-1-3-5-18/h1-5H,6-17H2. The zero-order valence-corrected chi connectivity index (χ0v) is 18.1. The quantitative estimate of drug-likeness (QED) is 0.0982. The molecule has 0 aliphatic carbocycles. The molecule has 0 aromatic heterocycles. The van der Waals surface area contributed by atoms with Crippen molar-refractivity contribution in [3.63, 3.8) is 0 Å². The lowest BCUT2D eigenvalue weighted by molar-refractivity contribution is -0.139. The van der Waals surface area contributed by atoms with E-state index in [1.165, 1.54) is 0 Å². The highest BCUT2D eigenvalue weighted by molar-refractivity contribution is 9.09. The average molecular weight is 477 g/mol. The summed E-state index contributed by atoms with van der Waals surface area (Å²) in [6.45, 7) is 4.76. The molecule has 9 heteroatoms. The molecule has 1 rings (SSSR count). The molecule has 0 aliphatic heterocycles. The molecule has 0 unspecified atom stereocenters. The Labute approximate surface area is 179 Å². The second-order valence-corrected chi connectivity index (χ2v) is 6.37. The number of carbonyl (C=O) groups excluding carboxylic acids is 2. The summed E-state index contributed by atoms with van der Waals surface area (Å²) in [5.74, 6) is -1.55. The number of hydrogen-bond donors (Lipinski definition) is 0. The lowest BCUT2D eigenvalue weighted by Gasteiger charge is -2.08. The van der Waals surface area contributed by atoms with Gasteiger partial charge in [-0.05, 0) is 0 Å². The van der Waals surface area contributed by atoms with Crippen LogP contribution >= 0.6 is 15.9 Å². The molecule has 29 heavy (non-hydrogen) atoms. The van der Waals surface area contributed by atoms with Crippen LogP contribution in [0.5, 0.6) is 0 Å². The van der Waals surface area contributed by atoms with Gasteiger partial charge in [0.15, 0.2) is 0 Å². The molecule has 0 heterocycles. The van der Waals surface area contributed by atoms with Crippen LogP contribution < -0.4 is 0 Å². The first kappa shape index (κ1) is 25.7. The van der Waals surface area contributed by atoms with Crippen molar-refractivity contribution in [1.29, 1.82) is 0 Å². The van der Waals surface area contributed by atoms with Gasteiger partial charge in [-0.25, -0.2) is 4.79 Å². The molecule has 0 atom stereocenters. The van der Waals surface area contributed by atoms with Crippen molar-refractivity contribution in [2.45, 2.75) is 0 Å². The molecular weight excluding hydrogens is 448 g/mol. The smallest absolute Gasteiger partial charge is 0.379 e. The summed E-state index contributed by atoms with van der Waals surface area (Å²) in [7, 11) is 0. The van der Waals surface area contributed by atoms with Gasteiger partial charge in [-0.15, -0.1) is 0 Å². The fourth-order valence-electron chi connectivity index (χ4n) is 2.00. The van der Waals surface area contributed by atoms with Gasteiger partial charge in [0, 0.05) is 10.9 Å². The van der Waals surface area contributed by atoms with Gasteiger partial charge in [-0.1, -0.05) is 46.3 Å². The number of alkyl halides is 1. The number of halogens is 1. The van der Waals surface area contributed by atoms with Crippen molar-refractivity contribution in [2.75, 3.05) is 78.0 Å². The molecule has 0 fully saturated rings. The van der Waals surface area contributed by atoms with Gasteiger partial charge < -0.3 is 28.4 Å². The first-order chi connectivity index (χ1) is 14.3. The van der Waals surface area contributed by atoms with Crippen molar-refractivity contribution in [3.8, 4) is 0 Å². The van der Waals surface area contributed by atoms with Crippen molar-refractivity contribution in [1.82, 2.24) is 0 Å². The predicted molar refractivity (Wildman–Crippen MR) is 110 cm³/mol. The third-order valence-electron chi connectivity index (χ3n) is 3.39. The Hall–Kier alpha value is -1.36. The first-order valence-electron chi connectivity index (χ1n) is 9.47. The maximum Gasteiger partial charge on any atom is 0.379 e. The Balaban J connectivity index is 1.81. The minimum atomic E-state index is -0.886. The topological polar surface area (TPSA) is 89.5 Å². The van der Waals surface area contributed by atoms with E-state index in [1.54, 1.807) is 30.3 Å². The minimum Gasteiger partial charge on any atom is -0.457 e. The Morgan fingerprint density at radius 3 is 1.48 bits per heavy atom. The maximum absolute atomic E-state index is 11.8. The monoisotopic (exact) mass is 476 g/mol. The molecule has 1 aromatic carbocycles. The third-order valence-corrected chi connectivity index (χ3v) is 3.72. The average Bonchev–Trinajstić information content (AvgIpc) is 2.75. The van der Waals surface area contributed by atoms with E-state index >= 15 is 0 Å². The number of carbonyl (C=O) groups is 2. The highest BCUT2D eigenvalue weighted by atomic mass is 79.9. The Kier molecular flexibility index (Phi) is 16.5. The number of rotatable bonds is 19. The van der Waals surface area contributed by atoms with Gasteiger partial charge in [0.1, 0.15) is 6.61 Å². The minimum absolute atomic E-state index is 0.0155. The fraction of sp³-hybridized carbons (Fsp3) is 0.600. The van der Waals surface area contributed by atoms with Gasteiger partial charge in [0.2, 0.25) is 0 Å². The van der Waals surface area contributed by atoms with Crippen LogP contribution in [0.2, 0.25) is 0 Å². The van der Waals surface area contributed by atoms with Crippen LogP contribution in [-0.4, -0.2) is 89.8 Å². The molecule has 0 saturated carbocycles. The Morgan fingerprint density at radius 1 is 0.621 bits per heavy atom. The molecule has 0 aliphatic rings. The van der Waals surface area contributed by atoms with E-state index < -0.39 is 11.8 Å². The van der Waals surface area contributed by atoms with Crippen LogP contribution in [-0.2, 0) is 33.2 Å². The maximum atomic E-state index is 11.8. The first-order valence-corrected chi connectivity index (χ1v) is 10.6. The van der Waals surface area contributed by atoms with Crippen LogP contribution in [0.3, 0.4) is 0 Å². The Morgan fingerprint density at radius 2 is 1.03 bits per heavy atom.